The van der Waals surface area contributed by atoms with E-state index in [0.29, 0.717) is 11.3 Å². The van der Waals surface area contributed by atoms with Gasteiger partial charge in [-0.05, 0) is 30.7 Å². The molecule has 0 aromatic heterocycles. The molecule has 2 rings (SSSR count). The summed E-state index contributed by atoms with van der Waals surface area (Å²) >= 11 is 0. The molecule has 0 aliphatic carbocycles. The predicted octanol–water partition coefficient (Wildman–Crippen LogP) is 3.60. The van der Waals surface area contributed by atoms with Gasteiger partial charge in [0.2, 0.25) is 0 Å². The van der Waals surface area contributed by atoms with E-state index in [0.717, 1.165) is 17.6 Å². The molecule has 80 valence electrons. The molecule has 2 aromatic carbocycles. The highest BCUT2D eigenvalue weighted by Crippen LogP contribution is 2.24. The van der Waals surface area contributed by atoms with Crippen LogP contribution in [0.1, 0.15) is 15.9 Å². The molecule has 0 unspecified atom stereocenters. The fraction of sp³-hybridized carbons (Fsp3) is 0.0714. The number of hydrogen-bond acceptors (Lipinski definition) is 2. The highest BCUT2D eigenvalue weighted by Gasteiger charge is 2.00. The molecular formula is C14H12O2. The van der Waals surface area contributed by atoms with Gasteiger partial charge < -0.3 is 4.74 Å². The number of aldehydes is 1. The van der Waals surface area contributed by atoms with E-state index in [9.17, 15) is 4.79 Å². The smallest absolute Gasteiger partial charge is 0.150 e. The first-order valence-corrected chi connectivity index (χ1v) is 5.08. The molecule has 0 fully saturated rings. The van der Waals surface area contributed by atoms with Crippen LogP contribution in [0.15, 0.2) is 48.5 Å². The molecule has 2 aromatic rings. The van der Waals surface area contributed by atoms with E-state index < -0.39 is 0 Å². The van der Waals surface area contributed by atoms with Crippen LogP contribution in [0.4, 0.5) is 0 Å². The number of hydrogen-bond donors (Lipinski definition) is 0. The quantitative estimate of drug-likeness (QED) is 0.726. The van der Waals surface area contributed by atoms with Crippen LogP contribution in [-0.4, -0.2) is 6.29 Å². The molecule has 0 heterocycles. The fourth-order valence-corrected chi connectivity index (χ4v) is 1.45. The van der Waals surface area contributed by atoms with Gasteiger partial charge in [0.1, 0.15) is 17.8 Å². The lowest BCUT2D eigenvalue weighted by Gasteiger charge is -2.08. The maximum atomic E-state index is 10.6. The Bertz CT molecular complexity index is 504. The zero-order valence-corrected chi connectivity index (χ0v) is 9.01. The summed E-state index contributed by atoms with van der Waals surface area (Å²) in [6, 6.07) is 14.9. The van der Waals surface area contributed by atoms with E-state index in [-0.39, 0.29) is 0 Å². The lowest BCUT2D eigenvalue weighted by molar-refractivity contribution is 0.112. The molecule has 2 heteroatoms. The van der Waals surface area contributed by atoms with Gasteiger partial charge in [0.25, 0.3) is 0 Å². The number of aryl methyl sites for hydroxylation is 1. The second kappa shape index (κ2) is 4.62. The van der Waals surface area contributed by atoms with Crippen LogP contribution in [0, 0.1) is 6.92 Å². The third-order valence-electron chi connectivity index (χ3n) is 2.32. The van der Waals surface area contributed by atoms with Crippen LogP contribution in [0.2, 0.25) is 0 Å². The van der Waals surface area contributed by atoms with Crippen molar-refractivity contribution in [2.24, 2.45) is 0 Å². The average Bonchev–Trinajstić information content (AvgIpc) is 2.32. The monoisotopic (exact) mass is 212 g/mol. The van der Waals surface area contributed by atoms with Crippen molar-refractivity contribution in [1.29, 1.82) is 0 Å². The van der Waals surface area contributed by atoms with Crippen molar-refractivity contribution in [1.82, 2.24) is 0 Å². The first-order valence-electron chi connectivity index (χ1n) is 5.08. The van der Waals surface area contributed by atoms with Crippen LogP contribution in [0.5, 0.6) is 11.5 Å². The Kier molecular flexibility index (Phi) is 3.01. The summed E-state index contributed by atoms with van der Waals surface area (Å²) in [5, 5.41) is 0. The Morgan fingerprint density at radius 3 is 2.62 bits per heavy atom. The van der Waals surface area contributed by atoms with Crippen LogP contribution in [-0.2, 0) is 0 Å². The van der Waals surface area contributed by atoms with Gasteiger partial charge in [0.15, 0.2) is 0 Å². The SMILES string of the molecule is Cc1ccccc1Oc1cccc(C=O)c1. The number of carbonyl (C=O) groups excluding carboxylic acids is 1. The molecule has 0 saturated carbocycles. The molecule has 0 N–H and O–H groups in total. The molecule has 0 atom stereocenters. The number of benzene rings is 2. The van der Waals surface area contributed by atoms with E-state index in [1.807, 2.05) is 37.3 Å². The van der Waals surface area contributed by atoms with E-state index >= 15 is 0 Å². The molecule has 0 saturated heterocycles. The van der Waals surface area contributed by atoms with Gasteiger partial charge in [-0.1, -0.05) is 30.3 Å². The number of ether oxygens (including phenoxy) is 1. The van der Waals surface area contributed by atoms with Crippen molar-refractivity contribution in [3.63, 3.8) is 0 Å². The minimum atomic E-state index is 0.617. The molecule has 0 aliphatic heterocycles. The first-order chi connectivity index (χ1) is 7.79. The van der Waals surface area contributed by atoms with E-state index in [1.54, 1.807) is 18.2 Å². The standard InChI is InChI=1S/C14H12O2/c1-11-5-2-3-8-14(11)16-13-7-4-6-12(9-13)10-15/h2-10H,1H3. The van der Waals surface area contributed by atoms with Crippen LogP contribution >= 0.6 is 0 Å². The second-order valence-electron chi connectivity index (χ2n) is 3.56. The van der Waals surface area contributed by atoms with Crippen LogP contribution < -0.4 is 4.74 Å². The third-order valence-corrected chi connectivity index (χ3v) is 2.32. The van der Waals surface area contributed by atoms with Gasteiger partial charge in [0, 0.05) is 5.56 Å². The molecule has 0 amide bonds. The fourth-order valence-electron chi connectivity index (χ4n) is 1.45. The molecular weight excluding hydrogens is 200 g/mol. The predicted molar refractivity (Wildman–Crippen MR) is 63.1 cm³/mol. The number of carbonyl (C=O) groups is 1. The summed E-state index contributed by atoms with van der Waals surface area (Å²) in [5.74, 6) is 1.49. The Morgan fingerprint density at radius 1 is 1.06 bits per heavy atom. The lowest BCUT2D eigenvalue weighted by atomic mass is 10.2. The molecule has 0 bridgehead atoms. The van der Waals surface area contributed by atoms with E-state index in [2.05, 4.69) is 0 Å². The van der Waals surface area contributed by atoms with Crippen molar-refractivity contribution in [3.8, 4) is 11.5 Å². The van der Waals surface area contributed by atoms with Gasteiger partial charge in [-0.3, -0.25) is 4.79 Å². The zero-order valence-electron chi connectivity index (χ0n) is 9.01. The van der Waals surface area contributed by atoms with Crippen molar-refractivity contribution in [3.05, 3.63) is 59.7 Å². The maximum Gasteiger partial charge on any atom is 0.150 e. The summed E-state index contributed by atoms with van der Waals surface area (Å²) in [7, 11) is 0. The van der Waals surface area contributed by atoms with Gasteiger partial charge in [-0.25, -0.2) is 0 Å². The summed E-state index contributed by atoms with van der Waals surface area (Å²) in [6.07, 6.45) is 0.810. The third kappa shape index (κ3) is 2.28. The van der Waals surface area contributed by atoms with Crippen molar-refractivity contribution < 1.29 is 9.53 Å². The molecule has 16 heavy (non-hydrogen) atoms. The summed E-state index contributed by atoms with van der Waals surface area (Å²) in [4.78, 5) is 10.6. The van der Waals surface area contributed by atoms with Crippen LogP contribution in [0.3, 0.4) is 0 Å². The van der Waals surface area contributed by atoms with Gasteiger partial charge in [-0.2, -0.15) is 0 Å². The number of rotatable bonds is 3. The zero-order chi connectivity index (χ0) is 11.4. The van der Waals surface area contributed by atoms with Gasteiger partial charge in [-0.15, -0.1) is 0 Å². The Hall–Kier alpha value is -2.09. The summed E-state index contributed by atoms with van der Waals surface area (Å²) in [6.45, 7) is 1.99. The van der Waals surface area contributed by atoms with Gasteiger partial charge >= 0.3 is 0 Å². The van der Waals surface area contributed by atoms with E-state index in [1.165, 1.54) is 0 Å². The van der Waals surface area contributed by atoms with Crippen molar-refractivity contribution in [2.75, 3.05) is 0 Å². The van der Waals surface area contributed by atoms with Crippen molar-refractivity contribution >= 4 is 6.29 Å². The first kappa shape index (κ1) is 10.4. The highest BCUT2D eigenvalue weighted by atomic mass is 16.5. The van der Waals surface area contributed by atoms with Gasteiger partial charge in [0.05, 0.1) is 0 Å². The Morgan fingerprint density at radius 2 is 1.88 bits per heavy atom. The van der Waals surface area contributed by atoms with E-state index in [4.69, 9.17) is 4.74 Å². The summed E-state index contributed by atoms with van der Waals surface area (Å²) in [5.41, 5.74) is 1.69. The Labute approximate surface area is 94.5 Å². The molecule has 0 spiro atoms. The minimum Gasteiger partial charge on any atom is -0.457 e. The van der Waals surface area contributed by atoms with Crippen LogP contribution in [0.25, 0.3) is 0 Å². The molecule has 0 radical (unpaired) electrons. The lowest BCUT2D eigenvalue weighted by Crippen LogP contribution is -1.88. The number of para-hydroxylation sites is 1. The maximum absolute atomic E-state index is 10.6. The normalized spacial score (nSPS) is 9.81. The van der Waals surface area contributed by atoms with Crippen molar-refractivity contribution in [2.45, 2.75) is 6.92 Å². The average molecular weight is 212 g/mol. The minimum absolute atomic E-state index is 0.617. The second-order valence-corrected chi connectivity index (χ2v) is 3.56. The molecule has 0 aliphatic rings. The topological polar surface area (TPSA) is 26.3 Å². The largest absolute Gasteiger partial charge is 0.457 e. The summed E-state index contributed by atoms with van der Waals surface area (Å²) < 4.78 is 5.69. The Balaban J connectivity index is 2.27. The highest BCUT2D eigenvalue weighted by molar-refractivity contribution is 5.75. The molecule has 2 nitrogen and oxygen atoms in total.